The van der Waals surface area contributed by atoms with Crippen molar-refractivity contribution in [3.63, 3.8) is 0 Å². The minimum absolute atomic E-state index is 0.0464. The van der Waals surface area contributed by atoms with E-state index in [1.54, 1.807) is 0 Å². The number of nitrogens with one attached hydrogen (secondary N) is 3. The molecule has 3 N–H and O–H groups in total. The first-order valence-electron chi connectivity index (χ1n) is 5.16. The molecule has 0 saturated heterocycles. The van der Waals surface area contributed by atoms with E-state index in [0.29, 0.717) is 13.0 Å². The summed E-state index contributed by atoms with van der Waals surface area (Å²) in [5, 5.41) is 5.56. The van der Waals surface area contributed by atoms with Gasteiger partial charge in [0.05, 0.1) is 0 Å². The summed E-state index contributed by atoms with van der Waals surface area (Å²) in [6.45, 7) is 4.18. The molecule has 1 amide bonds. The topological polar surface area (TPSA) is 86.9 Å². The molecule has 88 valence electrons. The highest BCUT2D eigenvalue weighted by Crippen LogP contribution is 1.91. The Labute approximate surface area is 93.5 Å². The van der Waals surface area contributed by atoms with E-state index in [2.05, 4.69) is 20.6 Å². The highest BCUT2D eigenvalue weighted by atomic mass is 16.1. The van der Waals surface area contributed by atoms with Gasteiger partial charge in [0.2, 0.25) is 5.91 Å². The number of aromatic amines is 1. The number of rotatable bonds is 5. The normalized spacial score (nSPS) is 10.2. The molecule has 16 heavy (non-hydrogen) atoms. The summed E-state index contributed by atoms with van der Waals surface area (Å²) in [6, 6.07) is 0.130. The molecule has 0 aliphatic rings. The van der Waals surface area contributed by atoms with E-state index in [-0.39, 0.29) is 23.3 Å². The van der Waals surface area contributed by atoms with Gasteiger partial charge in [0, 0.05) is 31.4 Å². The average Bonchev–Trinajstić information content (AvgIpc) is 2.19. The number of carbonyl (C=O) groups excluding carboxylic acids is 1. The van der Waals surface area contributed by atoms with Crippen molar-refractivity contribution in [1.82, 2.24) is 15.3 Å². The number of hydrogen-bond acceptors (Lipinski definition) is 4. The van der Waals surface area contributed by atoms with Gasteiger partial charge in [-0.25, -0.2) is 4.98 Å². The third-order valence-electron chi connectivity index (χ3n) is 1.80. The number of nitrogens with zero attached hydrogens (tertiary/aromatic N) is 1. The number of anilines is 1. The van der Waals surface area contributed by atoms with Crippen molar-refractivity contribution in [3.8, 4) is 0 Å². The molecule has 0 atom stereocenters. The number of hydrogen-bond donors (Lipinski definition) is 3. The Bertz CT molecular complexity index is 400. The maximum absolute atomic E-state index is 11.3. The van der Waals surface area contributed by atoms with Gasteiger partial charge in [0.25, 0.3) is 5.56 Å². The van der Waals surface area contributed by atoms with E-state index >= 15 is 0 Å². The summed E-state index contributed by atoms with van der Waals surface area (Å²) in [5.41, 5.74) is -0.285. The van der Waals surface area contributed by atoms with Gasteiger partial charge in [-0.15, -0.1) is 0 Å². The van der Waals surface area contributed by atoms with Crippen molar-refractivity contribution in [1.29, 1.82) is 0 Å². The summed E-state index contributed by atoms with van der Waals surface area (Å²) < 4.78 is 0. The Morgan fingerprint density at radius 2 is 2.31 bits per heavy atom. The van der Waals surface area contributed by atoms with Crippen LogP contribution in [-0.2, 0) is 4.79 Å². The third-order valence-corrected chi connectivity index (χ3v) is 1.80. The fourth-order valence-corrected chi connectivity index (χ4v) is 1.17. The Morgan fingerprint density at radius 1 is 1.56 bits per heavy atom. The number of carbonyl (C=O) groups is 1. The zero-order valence-electron chi connectivity index (χ0n) is 9.41. The Kier molecular flexibility index (Phi) is 4.50. The van der Waals surface area contributed by atoms with Crippen LogP contribution < -0.4 is 16.2 Å². The summed E-state index contributed by atoms with van der Waals surface area (Å²) in [4.78, 5) is 28.8. The molecule has 0 fully saturated rings. The predicted molar refractivity (Wildman–Crippen MR) is 61.2 cm³/mol. The average molecular weight is 224 g/mol. The first kappa shape index (κ1) is 12.2. The van der Waals surface area contributed by atoms with Crippen LogP contribution in [0.15, 0.2) is 17.2 Å². The zero-order valence-corrected chi connectivity index (χ0v) is 9.41. The van der Waals surface area contributed by atoms with Crippen molar-refractivity contribution in [3.05, 3.63) is 22.7 Å². The van der Waals surface area contributed by atoms with Gasteiger partial charge in [-0.2, -0.15) is 0 Å². The maximum atomic E-state index is 11.3. The van der Waals surface area contributed by atoms with Gasteiger partial charge in [0.15, 0.2) is 5.82 Å². The Morgan fingerprint density at radius 3 is 2.94 bits per heavy atom. The van der Waals surface area contributed by atoms with E-state index in [4.69, 9.17) is 0 Å². The molecular weight excluding hydrogens is 208 g/mol. The summed E-state index contributed by atoms with van der Waals surface area (Å²) >= 11 is 0. The lowest BCUT2D eigenvalue weighted by molar-refractivity contribution is -0.121. The Hall–Kier alpha value is -1.85. The van der Waals surface area contributed by atoms with E-state index < -0.39 is 0 Å². The lowest BCUT2D eigenvalue weighted by Crippen LogP contribution is -2.31. The van der Waals surface area contributed by atoms with Crippen LogP contribution in [0.25, 0.3) is 0 Å². The van der Waals surface area contributed by atoms with Gasteiger partial charge in [-0.05, 0) is 13.8 Å². The van der Waals surface area contributed by atoms with Crippen LogP contribution >= 0.6 is 0 Å². The van der Waals surface area contributed by atoms with E-state index in [1.165, 1.54) is 12.4 Å². The van der Waals surface area contributed by atoms with Crippen molar-refractivity contribution < 1.29 is 4.79 Å². The molecule has 0 aromatic carbocycles. The van der Waals surface area contributed by atoms with Gasteiger partial charge >= 0.3 is 0 Å². The number of aromatic nitrogens is 2. The monoisotopic (exact) mass is 224 g/mol. The van der Waals surface area contributed by atoms with Crippen LogP contribution in [0.4, 0.5) is 5.82 Å². The van der Waals surface area contributed by atoms with E-state index in [9.17, 15) is 9.59 Å². The highest BCUT2D eigenvalue weighted by molar-refractivity contribution is 5.76. The molecule has 6 nitrogen and oxygen atoms in total. The van der Waals surface area contributed by atoms with E-state index in [1.807, 2.05) is 13.8 Å². The standard InChI is InChI=1S/C10H16N4O2/c1-7(2)14-8(15)3-4-11-9-10(16)13-6-5-12-9/h5-7H,3-4H2,1-2H3,(H,11,12)(H,13,16)(H,14,15). The minimum Gasteiger partial charge on any atom is -0.365 e. The Balaban J connectivity index is 2.34. The van der Waals surface area contributed by atoms with Crippen molar-refractivity contribution in [2.24, 2.45) is 0 Å². The number of amides is 1. The molecule has 1 rings (SSSR count). The smallest absolute Gasteiger partial charge is 0.290 e. The maximum Gasteiger partial charge on any atom is 0.290 e. The quantitative estimate of drug-likeness (QED) is 0.662. The van der Waals surface area contributed by atoms with Crippen LogP contribution in [0.2, 0.25) is 0 Å². The SMILES string of the molecule is CC(C)NC(=O)CCNc1ncc[nH]c1=O. The van der Waals surface area contributed by atoms with Crippen molar-refractivity contribution >= 4 is 11.7 Å². The predicted octanol–water partition coefficient (Wildman–Crippen LogP) is 0.0965. The van der Waals surface area contributed by atoms with E-state index in [0.717, 1.165) is 0 Å². The van der Waals surface area contributed by atoms with Gasteiger partial charge in [0.1, 0.15) is 0 Å². The van der Waals surface area contributed by atoms with Gasteiger partial charge in [-0.3, -0.25) is 9.59 Å². The van der Waals surface area contributed by atoms with Crippen LogP contribution in [-0.4, -0.2) is 28.5 Å². The third kappa shape index (κ3) is 4.12. The fraction of sp³-hybridized carbons (Fsp3) is 0.500. The molecule has 1 aromatic heterocycles. The molecule has 0 radical (unpaired) electrons. The second kappa shape index (κ2) is 5.89. The van der Waals surface area contributed by atoms with Crippen molar-refractivity contribution in [2.45, 2.75) is 26.3 Å². The van der Waals surface area contributed by atoms with Crippen LogP contribution in [0.5, 0.6) is 0 Å². The second-order valence-electron chi connectivity index (χ2n) is 3.67. The first-order valence-corrected chi connectivity index (χ1v) is 5.16. The largest absolute Gasteiger partial charge is 0.365 e. The number of H-pyrrole nitrogens is 1. The minimum atomic E-state index is -0.285. The first-order chi connectivity index (χ1) is 7.59. The molecule has 0 spiro atoms. The fourth-order valence-electron chi connectivity index (χ4n) is 1.17. The molecule has 1 aromatic rings. The molecule has 0 aliphatic carbocycles. The molecule has 0 saturated carbocycles. The zero-order chi connectivity index (χ0) is 12.0. The summed E-state index contributed by atoms with van der Waals surface area (Å²) in [6.07, 6.45) is 3.26. The molecule has 0 unspecified atom stereocenters. The summed E-state index contributed by atoms with van der Waals surface area (Å²) in [7, 11) is 0. The molecule has 0 aliphatic heterocycles. The molecule has 0 bridgehead atoms. The highest BCUT2D eigenvalue weighted by Gasteiger charge is 2.03. The molecular formula is C10H16N4O2. The van der Waals surface area contributed by atoms with Crippen LogP contribution in [0.1, 0.15) is 20.3 Å². The van der Waals surface area contributed by atoms with Crippen molar-refractivity contribution in [2.75, 3.05) is 11.9 Å². The van der Waals surface area contributed by atoms with Gasteiger partial charge < -0.3 is 15.6 Å². The van der Waals surface area contributed by atoms with Crippen LogP contribution in [0, 0.1) is 0 Å². The van der Waals surface area contributed by atoms with Crippen LogP contribution in [0.3, 0.4) is 0 Å². The lowest BCUT2D eigenvalue weighted by Gasteiger charge is -2.08. The molecule has 1 heterocycles. The molecule has 6 heteroatoms. The second-order valence-corrected chi connectivity index (χ2v) is 3.67. The lowest BCUT2D eigenvalue weighted by atomic mass is 10.3. The summed E-state index contributed by atoms with van der Waals surface area (Å²) in [5.74, 6) is 0.190. The van der Waals surface area contributed by atoms with Gasteiger partial charge in [-0.1, -0.05) is 0 Å².